The molecule has 1 atom stereocenters. The minimum absolute atomic E-state index is 0.224. The van der Waals surface area contributed by atoms with E-state index < -0.39 is 43.3 Å². The van der Waals surface area contributed by atoms with Crippen molar-refractivity contribution in [1.29, 1.82) is 0 Å². The summed E-state index contributed by atoms with van der Waals surface area (Å²) in [6, 6.07) is 1.05. The first-order valence-electron chi connectivity index (χ1n) is 6.20. The van der Waals surface area contributed by atoms with Gasteiger partial charge in [0.1, 0.15) is 0 Å². The Bertz CT molecular complexity index is 684. The Morgan fingerprint density at radius 1 is 1.36 bits per heavy atom. The van der Waals surface area contributed by atoms with Crippen LogP contribution < -0.4 is 10.0 Å². The first-order valence-corrected chi connectivity index (χ1v) is 7.68. The summed E-state index contributed by atoms with van der Waals surface area (Å²) < 4.78 is 65.5. The molecule has 122 valence electrons. The molecular formula is C11H12F3N3O4S. The van der Waals surface area contributed by atoms with Gasteiger partial charge in [-0.05, 0) is 19.0 Å². The molecule has 1 aliphatic rings. The van der Waals surface area contributed by atoms with Crippen LogP contribution in [0.2, 0.25) is 0 Å². The Morgan fingerprint density at radius 2 is 2.05 bits per heavy atom. The molecular weight excluding hydrogens is 327 g/mol. The standard InChI is InChI=1S/C11H12F3N3O4S/c12-11(13,14)9-5-8(17(18)19)1-2-10(9)22(20,21)16-7-3-4-15-6-7/h1-2,5,7,15-16H,3-4,6H2. The molecule has 1 aromatic carbocycles. The number of nitrogens with one attached hydrogen (secondary N) is 2. The van der Waals surface area contributed by atoms with E-state index in [-0.39, 0.29) is 6.07 Å². The van der Waals surface area contributed by atoms with Gasteiger partial charge in [-0.3, -0.25) is 10.1 Å². The second kappa shape index (κ2) is 5.82. The minimum Gasteiger partial charge on any atom is -0.315 e. The average Bonchev–Trinajstić information content (AvgIpc) is 2.89. The maximum Gasteiger partial charge on any atom is 0.417 e. The van der Waals surface area contributed by atoms with Crippen molar-refractivity contribution in [2.75, 3.05) is 13.1 Å². The molecule has 0 amide bonds. The van der Waals surface area contributed by atoms with Crippen LogP contribution in [0.1, 0.15) is 12.0 Å². The largest absolute Gasteiger partial charge is 0.417 e. The van der Waals surface area contributed by atoms with Crippen molar-refractivity contribution < 1.29 is 26.5 Å². The number of alkyl halides is 3. The van der Waals surface area contributed by atoms with E-state index in [1.807, 2.05) is 0 Å². The lowest BCUT2D eigenvalue weighted by molar-refractivity contribution is -0.385. The molecule has 1 saturated heterocycles. The summed E-state index contributed by atoms with van der Waals surface area (Å²) in [5.74, 6) is 0. The zero-order valence-electron chi connectivity index (χ0n) is 11.1. The lowest BCUT2D eigenvalue weighted by Gasteiger charge is -2.16. The molecule has 2 N–H and O–H groups in total. The Morgan fingerprint density at radius 3 is 2.55 bits per heavy atom. The van der Waals surface area contributed by atoms with E-state index in [9.17, 15) is 31.7 Å². The van der Waals surface area contributed by atoms with Crippen molar-refractivity contribution in [3.8, 4) is 0 Å². The molecule has 0 bridgehead atoms. The summed E-state index contributed by atoms with van der Waals surface area (Å²) >= 11 is 0. The van der Waals surface area contributed by atoms with Crippen LogP contribution in [0.5, 0.6) is 0 Å². The van der Waals surface area contributed by atoms with Gasteiger partial charge in [0.15, 0.2) is 0 Å². The highest BCUT2D eigenvalue weighted by molar-refractivity contribution is 7.89. The quantitative estimate of drug-likeness (QED) is 0.635. The van der Waals surface area contributed by atoms with Gasteiger partial charge < -0.3 is 5.32 Å². The van der Waals surface area contributed by atoms with Gasteiger partial charge in [0.2, 0.25) is 10.0 Å². The van der Waals surface area contributed by atoms with Gasteiger partial charge in [-0.2, -0.15) is 13.2 Å². The number of non-ortho nitro benzene ring substituents is 1. The molecule has 0 radical (unpaired) electrons. The first-order chi connectivity index (χ1) is 10.1. The zero-order chi connectivity index (χ0) is 16.5. The molecule has 0 aromatic heterocycles. The van der Waals surface area contributed by atoms with E-state index in [0.29, 0.717) is 25.6 Å². The average molecular weight is 339 g/mol. The first kappa shape index (κ1) is 16.6. The Hall–Kier alpha value is -1.72. The van der Waals surface area contributed by atoms with Crippen LogP contribution in [0.3, 0.4) is 0 Å². The fraction of sp³-hybridized carbons (Fsp3) is 0.455. The van der Waals surface area contributed by atoms with Crippen LogP contribution >= 0.6 is 0 Å². The van der Waals surface area contributed by atoms with E-state index in [2.05, 4.69) is 10.0 Å². The van der Waals surface area contributed by atoms with Crippen molar-refractivity contribution in [2.45, 2.75) is 23.5 Å². The van der Waals surface area contributed by atoms with Crippen LogP contribution in [-0.2, 0) is 16.2 Å². The van der Waals surface area contributed by atoms with E-state index >= 15 is 0 Å². The lowest BCUT2D eigenvalue weighted by Crippen LogP contribution is -2.37. The third-order valence-corrected chi connectivity index (χ3v) is 4.73. The highest BCUT2D eigenvalue weighted by atomic mass is 32.2. The fourth-order valence-corrected chi connectivity index (χ4v) is 3.60. The summed E-state index contributed by atoms with van der Waals surface area (Å²) in [7, 11) is -4.43. The topological polar surface area (TPSA) is 101 Å². The second-order valence-corrected chi connectivity index (χ2v) is 6.43. The van der Waals surface area contributed by atoms with Crippen LogP contribution in [0, 0.1) is 10.1 Å². The number of halogens is 3. The van der Waals surface area contributed by atoms with Gasteiger partial charge >= 0.3 is 6.18 Å². The summed E-state index contributed by atoms with van der Waals surface area (Å²) in [5, 5.41) is 13.5. The molecule has 0 spiro atoms. The predicted octanol–water partition coefficient (Wildman–Crippen LogP) is 1.25. The number of sulfonamides is 1. The molecule has 1 aliphatic heterocycles. The van der Waals surface area contributed by atoms with Crippen molar-refractivity contribution in [3.05, 3.63) is 33.9 Å². The van der Waals surface area contributed by atoms with Crippen LogP contribution in [-0.4, -0.2) is 32.5 Å². The molecule has 7 nitrogen and oxygen atoms in total. The summed E-state index contributed by atoms with van der Waals surface area (Å²) in [5.41, 5.74) is -2.38. The normalized spacial score (nSPS) is 19.3. The van der Waals surface area contributed by atoms with E-state index in [1.54, 1.807) is 0 Å². The third-order valence-electron chi connectivity index (χ3n) is 3.15. The fourth-order valence-electron chi connectivity index (χ4n) is 2.13. The van der Waals surface area contributed by atoms with Crippen LogP contribution in [0.15, 0.2) is 23.1 Å². The molecule has 22 heavy (non-hydrogen) atoms. The lowest BCUT2D eigenvalue weighted by atomic mass is 10.2. The number of benzene rings is 1. The highest BCUT2D eigenvalue weighted by Crippen LogP contribution is 2.36. The Kier molecular flexibility index (Phi) is 4.40. The van der Waals surface area contributed by atoms with Crippen molar-refractivity contribution in [3.63, 3.8) is 0 Å². The molecule has 1 heterocycles. The van der Waals surface area contributed by atoms with E-state index in [4.69, 9.17) is 0 Å². The Balaban J connectivity index is 2.46. The van der Waals surface area contributed by atoms with Gasteiger partial charge in [0, 0.05) is 24.7 Å². The van der Waals surface area contributed by atoms with Gasteiger partial charge in [-0.15, -0.1) is 0 Å². The maximum atomic E-state index is 13.0. The minimum atomic E-state index is -5.02. The summed E-state index contributed by atoms with van der Waals surface area (Å²) in [6.07, 6.45) is -4.57. The van der Waals surface area contributed by atoms with Crippen molar-refractivity contribution in [2.24, 2.45) is 0 Å². The predicted molar refractivity (Wildman–Crippen MR) is 69.7 cm³/mol. The van der Waals surface area contributed by atoms with Crippen molar-refractivity contribution >= 4 is 15.7 Å². The number of rotatable bonds is 4. The molecule has 1 aromatic rings. The molecule has 0 aliphatic carbocycles. The zero-order valence-corrected chi connectivity index (χ0v) is 11.9. The molecule has 11 heteroatoms. The summed E-state index contributed by atoms with van der Waals surface area (Å²) in [6.45, 7) is 0.868. The number of nitro groups is 1. The summed E-state index contributed by atoms with van der Waals surface area (Å²) in [4.78, 5) is 8.55. The number of hydrogen-bond acceptors (Lipinski definition) is 5. The maximum absolute atomic E-state index is 13.0. The van der Waals surface area contributed by atoms with E-state index in [1.165, 1.54) is 0 Å². The molecule has 2 rings (SSSR count). The monoisotopic (exact) mass is 339 g/mol. The van der Waals surface area contributed by atoms with Crippen LogP contribution in [0.4, 0.5) is 18.9 Å². The highest BCUT2D eigenvalue weighted by Gasteiger charge is 2.39. The molecule has 1 fully saturated rings. The van der Waals surface area contributed by atoms with Crippen LogP contribution in [0.25, 0.3) is 0 Å². The number of nitro benzene ring substituents is 1. The van der Waals surface area contributed by atoms with Gasteiger partial charge in [0.05, 0.1) is 15.4 Å². The van der Waals surface area contributed by atoms with Gasteiger partial charge in [0.25, 0.3) is 5.69 Å². The number of hydrogen-bond donors (Lipinski definition) is 2. The SMILES string of the molecule is O=[N+]([O-])c1ccc(S(=O)(=O)NC2CCNC2)c(C(F)(F)F)c1. The number of nitrogens with zero attached hydrogens (tertiary/aromatic N) is 1. The van der Waals surface area contributed by atoms with Crippen molar-refractivity contribution in [1.82, 2.24) is 10.0 Å². The second-order valence-electron chi connectivity index (χ2n) is 4.75. The smallest absolute Gasteiger partial charge is 0.315 e. The third kappa shape index (κ3) is 3.54. The van der Waals surface area contributed by atoms with Gasteiger partial charge in [-0.1, -0.05) is 0 Å². The Labute approximate surface area is 123 Å². The molecule has 1 unspecified atom stereocenters. The van der Waals surface area contributed by atoms with Gasteiger partial charge in [-0.25, -0.2) is 13.1 Å². The van der Waals surface area contributed by atoms with E-state index in [0.717, 1.165) is 6.07 Å². The molecule has 0 saturated carbocycles.